The minimum atomic E-state index is -0.643. The van der Waals surface area contributed by atoms with Crippen molar-refractivity contribution in [2.24, 2.45) is 5.92 Å². The number of hydrogen-bond acceptors (Lipinski definition) is 5. The first-order chi connectivity index (χ1) is 9.60. The summed E-state index contributed by atoms with van der Waals surface area (Å²) in [6.07, 6.45) is 0.249. The maximum Gasteiger partial charge on any atom is 0.408 e. The predicted molar refractivity (Wildman–Crippen MR) is 78.9 cm³/mol. The lowest BCUT2D eigenvalue weighted by atomic mass is 10.1. The maximum atomic E-state index is 11.5. The molecule has 21 heavy (non-hydrogen) atoms. The molecule has 0 fully saturated rings. The summed E-state index contributed by atoms with van der Waals surface area (Å²) >= 11 is 0. The van der Waals surface area contributed by atoms with Gasteiger partial charge in [-0.25, -0.2) is 4.79 Å². The molecule has 0 aromatic heterocycles. The van der Waals surface area contributed by atoms with Gasteiger partial charge in [-0.05, 0) is 33.1 Å². The molecule has 0 rings (SSSR count). The van der Waals surface area contributed by atoms with Gasteiger partial charge < -0.3 is 14.8 Å². The van der Waals surface area contributed by atoms with Crippen LogP contribution in [0.5, 0.6) is 0 Å². The van der Waals surface area contributed by atoms with Gasteiger partial charge in [-0.2, -0.15) is 0 Å². The Morgan fingerprint density at radius 3 is 2.24 bits per heavy atom. The number of Topliss-reactive ketones (excluding diaryl/α,β-unsaturated/α-hetero) is 1. The number of ketones is 1. The zero-order valence-electron chi connectivity index (χ0n) is 13.7. The Morgan fingerprint density at radius 2 is 1.71 bits per heavy atom. The normalized spacial score (nSPS) is 11.1. The minimum absolute atomic E-state index is 0.0346. The minimum Gasteiger partial charge on any atom is -0.466 e. The van der Waals surface area contributed by atoms with E-state index in [9.17, 15) is 14.4 Å². The fraction of sp³-hybridized carbons (Fsp3) is 0.800. The van der Waals surface area contributed by atoms with Crippen LogP contribution in [-0.4, -0.2) is 36.6 Å². The number of hydrogen-bond donors (Lipinski definition) is 1. The number of alkyl carbamates (subject to hydrolysis) is 1. The number of carbonyl (C=O) groups excluding carboxylic acids is 3. The van der Waals surface area contributed by atoms with E-state index in [1.165, 1.54) is 0 Å². The Bertz CT molecular complexity index is 358. The molecule has 0 saturated carbocycles. The quantitative estimate of drug-likeness (QED) is 0.696. The van der Waals surface area contributed by atoms with Crippen molar-refractivity contribution in [3.8, 4) is 0 Å². The summed E-state index contributed by atoms with van der Waals surface area (Å²) in [7, 11) is 0. The van der Waals surface area contributed by atoms with Crippen LogP contribution in [0.3, 0.4) is 0 Å². The van der Waals surface area contributed by atoms with Crippen LogP contribution in [0.1, 0.15) is 53.9 Å². The van der Waals surface area contributed by atoms with Crippen molar-refractivity contribution >= 4 is 17.8 Å². The van der Waals surface area contributed by atoms with Gasteiger partial charge in [0.2, 0.25) is 0 Å². The van der Waals surface area contributed by atoms with Crippen LogP contribution in [0.4, 0.5) is 4.79 Å². The Kier molecular flexibility index (Phi) is 8.66. The maximum absolute atomic E-state index is 11.5. The van der Waals surface area contributed by atoms with Crippen LogP contribution in [0.2, 0.25) is 0 Å². The van der Waals surface area contributed by atoms with Crippen molar-refractivity contribution in [3.05, 3.63) is 0 Å². The molecule has 0 aliphatic rings. The molecule has 1 N–H and O–H groups in total. The number of rotatable bonds is 8. The summed E-state index contributed by atoms with van der Waals surface area (Å²) in [5.41, 5.74) is -0.604. The second-order valence-electron chi connectivity index (χ2n) is 6.30. The van der Waals surface area contributed by atoms with Gasteiger partial charge in [-0.3, -0.25) is 9.59 Å². The van der Waals surface area contributed by atoms with Gasteiger partial charge in [0.1, 0.15) is 5.60 Å². The van der Waals surface area contributed by atoms with E-state index in [0.29, 0.717) is 12.5 Å². The van der Waals surface area contributed by atoms with E-state index >= 15 is 0 Å². The van der Waals surface area contributed by atoms with Crippen LogP contribution in [-0.2, 0) is 19.1 Å². The first-order valence-corrected chi connectivity index (χ1v) is 7.24. The number of ether oxygens (including phenoxy) is 2. The molecule has 0 aromatic carbocycles. The molecule has 0 unspecified atom stereocenters. The monoisotopic (exact) mass is 301 g/mol. The average molecular weight is 301 g/mol. The second-order valence-corrected chi connectivity index (χ2v) is 6.30. The van der Waals surface area contributed by atoms with Gasteiger partial charge in [0.05, 0.1) is 19.6 Å². The van der Waals surface area contributed by atoms with Gasteiger partial charge in [0.15, 0.2) is 5.78 Å². The van der Waals surface area contributed by atoms with E-state index in [-0.39, 0.29) is 31.1 Å². The molecular weight excluding hydrogens is 274 g/mol. The summed E-state index contributed by atoms with van der Waals surface area (Å²) < 4.78 is 9.99. The predicted octanol–water partition coefficient (Wildman–Crippen LogP) is 2.45. The SMILES string of the molecule is CC(C)CCOC(=O)CCC(=O)CNC(=O)OC(C)(C)C. The molecule has 0 heterocycles. The average Bonchev–Trinajstić information content (AvgIpc) is 2.31. The summed E-state index contributed by atoms with van der Waals surface area (Å²) in [6, 6.07) is 0. The molecule has 0 aliphatic carbocycles. The highest BCUT2D eigenvalue weighted by atomic mass is 16.6. The van der Waals surface area contributed by atoms with Gasteiger partial charge in [-0.15, -0.1) is 0 Å². The van der Waals surface area contributed by atoms with Gasteiger partial charge in [-0.1, -0.05) is 13.8 Å². The summed E-state index contributed by atoms with van der Waals surface area (Å²) in [5, 5.41) is 2.36. The Balaban J connectivity index is 3.75. The van der Waals surface area contributed by atoms with Crippen LogP contribution in [0, 0.1) is 5.92 Å². The van der Waals surface area contributed by atoms with Crippen molar-refractivity contribution in [3.63, 3.8) is 0 Å². The third kappa shape index (κ3) is 13.2. The molecule has 122 valence electrons. The van der Waals surface area contributed by atoms with Crippen molar-refractivity contribution in [2.75, 3.05) is 13.2 Å². The van der Waals surface area contributed by atoms with Crippen molar-refractivity contribution in [1.29, 1.82) is 0 Å². The van der Waals surface area contributed by atoms with Gasteiger partial charge in [0.25, 0.3) is 0 Å². The zero-order valence-corrected chi connectivity index (χ0v) is 13.7. The number of esters is 1. The first kappa shape index (κ1) is 19.4. The molecule has 0 saturated heterocycles. The smallest absolute Gasteiger partial charge is 0.408 e. The molecule has 0 aliphatic heterocycles. The highest BCUT2D eigenvalue weighted by Gasteiger charge is 2.17. The van der Waals surface area contributed by atoms with E-state index in [2.05, 4.69) is 5.32 Å². The zero-order chi connectivity index (χ0) is 16.5. The number of amides is 1. The van der Waals surface area contributed by atoms with Crippen LogP contribution in [0.15, 0.2) is 0 Å². The van der Waals surface area contributed by atoms with E-state index < -0.39 is 11.7 Å². The van der Waals surface area contributed by atoms with E-state index in [0.717, 1.165) is 6.42 Å². The third-order valence-corrected chi connectivity index (χ3v) is 2.39. The van der Waals surface area contributed by atoms with Crippen molar-refractivity contribution in [2.45, 2.75) is 59.5 Å². The molecule has 0 spiro atoms. The Morgan fingerprint density at radius 1 is 1.10 bits per heavy atom. The van der Waals surface area contributed by atoms with Crippen LogP contribution < -0.4 is 5.32 Å². The topological polar surface area (TPSA) is 81.7 Å². The largest absolute Gasteiger partial charge is 0.466 e. The van der Waals surface area contributed by atoms with Gasteiger partial charge in [0, 0.05) is 6.42 Å². The van der Waals surface area contributed by atoms with Crippen LogP contribution >= 0.6 is 0 Å². The summed E-state index contributed by atoms with van der Waals surface area (Å²) in [4.78, 5) is 34.2. The summed E-state index contributed by atoms with van der Waals surface area (Å²) in [6.45, 7) is 9.53. The molecular formula is C15H27NO5. The second kappa shape index (κ2) is 9.37. The molecule has 6 heteroatoms. The van der Waals surface area contributed by atoms with E-state index in [4.69, 9.17) is 9.47 Å². The van der Waals surface area contributed by atoms with E-state index in [1.54, 1.807) is 20.8 Å². The molecule has 0 radical (unpaired) electrons. The first-order valence-electron chi connectivity index (χ1n) is 7.24. The fourth-order valence-electron chi connectivity index (χ4n) is 1.30. The standard InChI is InChI=1S/C15H27NO5/c1-11(2)8-9-20-13(18)7-6-12(17)10-16-14(19)21-15(3,4)5/h11H,6-10H2,1-5H3,(H,16,19). The Hall–Kier alpha value is -1.59. The van der Waals surface area contributed by atoms with Crippen molar-refractivity contribution in [1.82, 2.24) is 5.32 Å². The molecule has 0 atom stereocenters. The molecule has 0 bridgehead atoms. The fourth-order valence-corrected chi connectivity index (χ4v) is 1.30. The molecule has 6 nitrogen and oxygen atoms in total. The lowest BCUT2D eigenvalue weighted by Crippen LogP contribution is -2.35. The van der Waals surface area contributed by atoms with Gasteiger partial charge >= 0.3 is 12.1 Å². The third-order valence-electron chi connectivity index (χ3n) is 2.39. The lowest BCUT2D eigenvalue weighted by Gasteiger charge is -2.19. The van der Waals surface area contributed by atoms with E-state index in [1.807, 2.05) is 13.8 Å². The molecule has 0 aromatic rings. The lowest BCUT2D eigenvalue weighted by molar-refractivity contribution is -0.145. The van der Waals surface area contributed by atoms with Crippen molar-refractivity contribution < 1.29 is 23.9 Å². The molecule has 1 amide bonds. The van der Waals surface area contributed by atoms with Crippen LogP contribution in [0.25, 0.3) is 0 Å². The highest BCUT2D eigenvalue weighted by molar-refractivity contribution is 5.86. The Labute approximate surface area is 126 Å². The highest BCUT2D eigenvalue weighted by Crippen LogP contribution is 2.06. The number of nitrogens with one attached hydrogen (secondary N) is 1. The number of carbonyl (C=O) groups is 3. The summed E-state index contributed by atoms with van der Waals surface area (Å²) in [5.74, 6) is -0.152.